The largest absolute Gasteiger partial charge is 0.505 e. The third-order valence-corrected chi connectivity index (χ3v) is 5.09. The van der Waals surface area contributed by atoms with E-state index >= 15 is 0 Å². The summed E-state index contributed by atoms with van der Waals surface area (Å²) in [5.74, 6) is 0.123. The maximum Gasteiger partial charge on any atom is 0.265 e. The molecule has 2 aromatic carbocycles. The van der Waals surface area contributed by atoms with Gasteiger partial charge in [0.25, 0.3) is 10.0 Å². The summed E-state index contributed by atoms with van der Waals surface area (Å²) in [5.41, 5.74) is 1.07. The van der Waals surface area contributed by atoms with E-state index in [4.69, 9.17) is 16.3 Å². The molecular formula is C16H19BrClNO4S. The number of phenols is 1. The van der Waals surface area contributed by atoms with Crippen LogP contribution in [0, 0.1) is 6.92 Å². The SMILES string of the molecule is CC.COc1ccc(NS(=O)(=O)c2cc(Br)cc(Cl)c2O)c(C)c1. The van der Waals surface area contributed by atoms with Gasteiger partial charge in [-0.15, -0.1) is 0 Å². The molecule has 0 atom stereocenters. The molecule has 0 heterocycles. The van der Waals surface area contributed by atoms with Gasteiger partial charge in [-0.2, -0.15) is 0 Å². The van der Waals surface area contributed by atoms with Crippen LogP contribution in [0.1, 0.15) is 19.4 Å². The summed E-state index contributed by atoms with van der Waals surface area (Å²) in [6.07, 6.45) is 0. The molecule has 0 fully saturated rings. The van der Waals surface area contributed by atoms with Gasteiger partial charge in [0.1, 0.15) is 10.6 Å². The van der Waals surface area contributed by atoms with Crippen LogP contribution >= 0.6 is 27.5 Å². The van der Waals surface area contributed by atoms with Gasteiger partial charge in [0, 0.05) is 4.47 Å². The third kappa shape index (κ3) is 4.78. The van der Waals surface area contributed by atoms with E-state index in [9.17, 15) is 13.5 Å². The van der Waals surface area contributed by atoms with Gasteiger partial charge in [0.2, 0.25) is 0 Å². The number of ether oxygens (including phenoxy) is 1. The van der Waals surface area contributed by atoms with Crippen molar-refractivity contribution in [3.05, 3.63) is 45.4 Å². The van der Waals surface area contributed by atoms with Crippen LogP contribution in [-0.4, -0.2) is 20.6 Å². The second-order valence-electron chi connectivity index (χ2n) is 4.52. The van der Waals surface area contributed by atoms with E-state index in [1.54, 1.807) is 25.1 Å². The highest BCUT2D eigenvalue weighted by molar-refractivity contribution is 9.10. The summed E-state index contributed by atoms with van der Waals surface area (Å²) in [5, 5.41) is 9.84. The molecule has 2 N–H and O–H groups in total. The Morgan fingerprint density at radius 1 is 1.21 bits per heavy atom. The predicted octanol–water partition coefficient (Wildman–Crippen LogP) is 4.95. The molecular weight excluding hydrogens is 418 g/mol. The molecule has 2 rings (SSSR count). The topological polar surface area (TPSA) is 75.6 Å². The molecule has 0 saturated heterocycles. The zero-order chi connectivity index (χ0) is 18.5. The lowest BCUT2D eigenvalue weighted by atomic mass is 10.2. The smallest absolute Gasteiger partial charge is 0.265 e. The van der Waals surface area contributed by atoms with Crippen molar-refractivity contribution < 1.29 is 18.3 Å². The fourth-order valence-corrected chi connectivity index (χ4v) is 4.12. The maximum atomic E-state index is 12.5. The first-order valence-electron chi connectivity index (χ1n) is 7.10. The number of halogens is 2. The molecule has 0 spiro atoms. The number of phenolic OH excluding ortho intramolecular Hbond substituents is 1. The molecule has 0 aromatic heterocycles. The first-order valence-corrected chi connectivity index (χ1v) is 9.75. The Morgan fingerprint density at radius 3 is 2.38 bits per heavy atom. The minimum absolute atomic E-state index is 0.0544. The van der Waals surface area contributed by atoms with Crippen molar-refractivity contribution >= 4 is 43.2 Å². The van der Waals surface area contributed by atoms with Crippen LogP contribution in [0.2, 0.25) is 5.02 Å². The average Bonchev–Trinajstić information content (AvgIpc) is 2.54. The molecule has 8 heteroatoms. The normalized spacial score (nSPS) is 10.6. The molecule has 0 aliphatic carbocycles. The molecule has 132 valence electrons. The van der Waals surface area contributed by atoms with Crippen molar-refractivity contribution in [2.24, 2.45) is 0 Å². The fraction of sp³-hybridized carbons (Fsp3) is 0.250. The van der Waals surface area contributed by atoms with E-state index in [1.807, 2.05) is 13.8 Å². The number of hydrogen-bond acceptors (Lipinski definition) is 4. The van der Waals surface area contributed by atoms with Gasteiger partial charge in [-0.05, 0) is 42.8 Å². The van der Waals surface area contributed by atoms with Gasteiger partial charge < -0.3 is 9.84 Å². The van der Waals surface area contributed by atoms with Crippen LogP contribution in [0.5, 0.6) is 11.5 Å². The first kappa shape index (κ1) is 20.6. The van der Waals surface area contributed by atoms with Gasteiger partial charge in [0.15, 0.2) is 5.75 Å². The number of nitrogens with one attached hydrogen (secondary N) is 1. The van der Waals surface area contributed by atoms with Gasteiger partial charge in [-0.3, -0.25) is 4.72 Å². The summed E-state index contributed by atoms with van der Waals surface area (Å²) in [7, 11) is -2.46. The lowest BCUT2D eigenvalue weighted by molar-refractivity contribution is 0.414. The third-order valence-electron chi connectivity index (χ3n) is 2.96. The number of benzene rings is 2. The molecule has 24 heavy (non-hydrogen) atoms. The van der Waals surface area contributed by atoms with Crippen LogP contribution in [0.4, 0.5) is 5.69 Å². The van der Waals surface area contributed by atoms with Gasteiger partial charge in [-0.1, -0.05) is 41.4 Å². The van der Waals surface area contributed by atoms with Crippen LogP contribution in [-0.2, 0) is 10.0 Å². The van der Waals surface area contributed by atoms with Gasteiger partial charge in [-0.25, -0.2) is 8.42 Å². The second kappa shape index (κ2) is 8.60. The van der Waals surface area contributed by atoms with Crippen LogP contribution in [0.25, 0.3) is 0 Å². The minimum atomic E-state index is -3.99. The van der Waals surface area contributed by atoms with Crippen molar-refractivity contribution in [1.82, 2.24) is 0 Å². The van der Waals surface area contributed by atoms with Crippen molar-refractivity contribution in [1.29, 1.82) is 0 Å². The Labute approximate surface area is 155 Å². The van der Waals surface area contributed by atoms with Crippen LogP contribution in [0.3, 0.4) is 0 Å². The fourth-order valence-electron chi connectivity index (χ4n) is 1.82. The highest BCUT2D eigenvalue weighted by Crippen LogP contribution is 2.35. The zero-order valence-corrected chi connectivity index (χ0v) is 16.9. The molecule has 0 radical (unpaired) electrons. The van der Waals surface area contributed by atoms with E-state index < -0.39 is 15.8 Å². The van der Waals surface area contributed by atoms with Crippen molar-refractivity contribution in [3.63, 3.8) is 0 Å². The number of anilines is 1. The number of sulfonamides is 1. The van der Waals surface area contributed by atoms with Crippen molar-refractivity contribution in [3.8, 4) is 11.5 Å². The Bertz CT molecular complexity index is 825. The summed E-state index contributed by atoms with van der Waals surface area (Å²) in [4.78, 5) is -0.304. The molecule has 2 aromatic rings. The zero-order valence-electron chi connectivity index (χ0n) is 13.7. The lowest BCUT2D eigenvalue weighted by Crippen LogP contribution is -2.14. The van der Waals surface area contributed by atoms with Crippen molar-refractivity contribution in [2.45, 2.75) is 25.7 Å². The van der Waals surface area contributed by atoms with Gasteiger partial charge >= 0.3 is 0 Å². The number of hydrogen-bond donors (Lipinski definition) is 2. The van der Waals surface area contributed by atoms with Gasteiger partial charge in [0.05, 0.1) is 17.8 Å². The first-order chi connectivity index (χ1) is 11.2. The Hall–Kier alpha value is -1.44. The number of methoxy groups -OCH3 is 1. The Balaban J connectivity index is 0.00000139. The quantitative estimate of drug-likeness (QED) is 0.711. The molecule has 0 bridgehead atoms. The minimum Gasteiger partial charge on any atom is -0.505 e. The summed E-state index contributed by atoms with van der Waals surface area (Å²) >= 11 is 8.96. The Morgan fingerprint density at radius 2 is 1.83 bits per heavy atom. The summed E-state index contributed by atoms with van der Waals surface area (Å²) < 4.78 is 32.9. The molecule has 0 aliphatic heterocycles. The number of aromatic hydroxyl groups is 1. The van der Waals surface area contributed by atoms with Crippen molar-refractivity contribution in [2.75, 3.05) is 11.8 Å². The van der Waals surface area contributed by atoms with Crippen LogP contribution < -0.4 is 9.46 Å². The Kier molecular flexibility index (Phi) is 7.38. The molecule has 0 unspecified atom stereocenters. The number of aryl methyl sites for hydroxylation is 1. The van der Waals surface area contributed by atoms with E-state index in [1.165, 1.54) is 19.2 Å². The monoisotopic (exact) mass is 435 g/mol. The standard InChI is InChI=1S/C14H13BrClNO4S.C2H6/c1-8-5-10(21-2)3-4-12(8)17-22(19,20)13-7-9(15)6-11(16)14(13)18;1-2/h3-7,17-18H,1-2H3;1-2H3. The molecule has 0 aliphatic rings. The van der Waals surface area contributed by atoms with E-state index in [0.29, 0.717) is 21.5 Å². The van der Waals surface area contributed by atoms with E-state index in [2.05, 4.69) is 20.7 Å². The lowest BCUT2D eigenvalue weighted by Gasteiger charge is -2.13. The average molecular weight is 437 g/mol. The molecule has 0 saturated carbocycles. The van der Waals surface area contributed by atoms with E-state index in [0.717, 1.165) is 0 Å². The van der Waals surface area contributed by atoms with E-state index in [-0.39, 0.29) is 9.92 Å². The number of rotatable bonds is 4. The molecule has 5 nitrogen and oxygen atoms in total. The predicted molar refractivity (Wildman–Crippen MR) is 101 cm³/mol. The molecule has 0 amide bonds. The highest BCUT2D eigenvalue weighted by atomic mass is 79.9. The highest BCUT2D eigenvalue weighted by Gasteiger charge is 2.22. The summed E-state index contributed by atoms with van der Waals surface area (Å²) in [6, 6.07) is 7.61. The maximum absolute atomic E-state index is 12.5. The van der Waals surface area contributed by atoms with Crippen LogP contribution in [0.15, 0.2) is 39.7 Å². The second-order valence-corrected chi connectivity index (χ2v) is 7.49. The summed E-state index contributed by atoms with van der Waals surface area (Å²) in [6.45, 7) is 5.74.